The molecule has 0 fully saturated rings. The summed E-state index contributed by atoms with van der Waals surface area (Å²) in [5.74, 6) is -0.0690. The number of methoxy groups -OCH3 is 3. The Balaban J connectivity index is 3.04. The van der Waals surface area contributed by atoms with Crippen molar-refractivity contribution in [3.05, 3.63) is 23.8 Å². The van der Waals surface area contributed by atoms with Gasteiger partial charge in [-0.2, -0.15) is 0 Å². The van der Waals surface area contributed by atoms with E-state index in [1.54, 1.807) is 12.1 Å². The maximum Gasteiger partial charge on any atom is 0.337 e. The number of carbonyl (C=O) groups excluding carboxylic acids is 1. The zero-order valence-corrected chi connectivity index (χ0v) is 10.4. The van der Waals surface area contributed by atoms with Crippen LogP contribution in [0.3, 0.4) is 0 Å². The molecular formula is C12H16O6. The lowest BCUT2D eigenvalue weighted by Crippen LogP contribution is -2.29. The highest BCUT2D eigenvalue weighted by molar-refractivity contribution is 5.75. The van der Waals surface area contributed by atoms with E-state index in [9.17, 15) is 15.0 Å². The molecule has 0 aliphatic carbocycles. The summed E-state index contributed by atoms with van der Waals surface area (Å²) < 4.78 is 14.4. The zero-order chi connectivity index (χ0) is 13.7. The van der Waals surface area contributed by atoms with E-state index in [0.29, 0.717) is 11.5 Å². The highest BCUT2D eigenvalue weighted by atomic mass is 16.5. The monoisotopic (exact) mass is 256 g/mol. The fourth-order valence-corrected chi connectivity index (χ4v) is 1.48. The van der Waals surface area contributed by atoms with Crippen LogP contribution in [-0.2, 0) is 9.53 Å². The molecule has 2 N–H and O–H groups in total. The van der Waals surface area contributed by atoms with Gasteiger partial charge < -0.3 is 24.4 Å². The number of rotatable bonds is 5. The molecule has 0 aliphatic rings. The molecule has 0 aromatic heterocycles. The average Bonchev–Trinajstić information content (AvgIpc) is 2.43. The predicted octanol–water partition coefficient (Wildman–Crippen LogP) is 0.271. The highest BCUT2D eigenvalue weighted by Gasteiger charge is 2.28. The van der Waals surface area contributed by atoms with E-state index in [1.165, 1.54) is 20.3 Å². The van der Waals surface area contributed by atoms with E-state index in [2.05, 4.69) is 4.74 Å². The van der Waals surface area contributed by atoms with Gasteiger partial charge in [0.1, 0.15) is 17.6 Å². The summed E-state index contributed by atoms with van der Waals surface area (Å²) in [6.07, 6.45) is -3.10. The summed E-state index contributed by atoms with van der Waals surface area (Å²) >= 11 is 0. The van der Waals surface area contributed by atoms with E-state index in [-0.39, 0.29) is 5.56 Å². The molecule has 1 aromatic rings. The number of aliphatic hydroxyl groups is 2. The van der Waals surface area contributed by atoms with Gasteiger partial charge in [-0.25, -0.2) is 4.79 Å². The number of ether oxygens (including phenoxy) is 3. The van der Waals surface area contributed by atoms with Crippen molar-refractivity contribution in [3.8, 4) is 11.5 Å². The van der Waals surface area contributed by atoms with Gasteiger partial charge >= 0.3 is 5.97 Å². The molecule has 1 rings (SSSR count). The fraction of sp³-hybridized carbons (Fsp3) is 0.417. The Kier molecular flexibility index (Phi) is 4.94. The quantitative estimate of drug-likeness (QED) is 0.736. The van der Waals surface area contributed by atoms with Gasteiger partial charge in [-0.15, -0.1) is 0 Å². The molecule has 0 saturated carbocycles. The van der Waals surface area contributed by atoms with Gasteiger partial charge in [-0.05, 0) is 12.1 Å². The lowest BCUT2D eigenvalue weighted by molar-refractivity contribution is -0.156. The molecule has 2 unspecified atom stereocenters. The average molecular weight is 256 g/mol. The van der Waals surface area contributed by atoms with Gasteiger partial charge in [0.05, 0.1) is 21.3 Å². The van der Waals surface area contributed by atoms with E-state index >= 15 is 0 Å². The van der Waals surface area contributed by atoms with Gasteiger partial charge in [0.2, 0.25) is 0 Å². The Hall–Kier alpha value is -1.79. The van der Waals surface area contributed by atoms with Crippen molar-refractivity contribution in [1.82, 2.24) is 0 Å². The predicted molar refractivity (Wildman–Crippen MR) is 62.5 cm³/mol. The highest BCUT2D eigenvalue weighted by Crippen LogP contribution is 2.31. The molecule has 18 heavy (non-hydrogen) atoms. The largest absolute Gasteiger partial charge is 0.497 e. The number of benzene rings is 1. The lowest BCUT2D eigenvalue weighted by atomic mass is 10.0. The van der Waals surface area contributed by atoms with E-state index in [1.807, 2.05) is 0 Å². The lowest BCUT2D eigenvalue weighted by Gasteiger charge is -2.18. The van der Waals surface area contributed by atoms with Crippen LogP contribution in [0, 0.1) is 0 Å². The minimum Gasteiger partial charge on any atom is -0.497 e. The van der Waals surface area contributed by atoms with Crippen LogP contribution in [0.15, 0.2) is 18.2 Å². The summed E-state index contributed by atoms with van der Waals surface area (Å²) in [6, 6.07) is 4.64. The number of aliphatic hydroxyl groups excluding tert-OH is 2. The maximum atomic E-state index is 11.2. The van der Waals surface area contributed by atoms with Crippen molar-refractivity contribution in [3.63, 3.8) is 0 Å². The normalized spacial score (nSPS) is 13.6. The Bertz CT molecular complexity index is 417. The maximum absolute atomic E-state index is 11.2. The molecule has 0 radical (unpaired) electrons. The molecule has 1 aromatic carbocycles. The molecule has 0 aliphatic heterocycles. The zero-order valence-electron chi connectivity index (χ0n) is 10.4. The topological polar surface area (TPSA) is 85.2 Å². The van der Waals surface area contributed by atoms with Crippen molar-refractivity contribution in [1.29, 1.82) is 0 Å². The van der Waals surface area contributed by atoms with Gasteiger partial charge in [0.15, 0.2) is 6.10 Å². The first kappa shape index (κ1) is 14.3. The van der Waals surface area contributed by atoms with E-state index < -0.39 is 18.2 Å². The van der Waals surface area contributed by atoms with Crippen LogP contribution in [0.1, 0.15) is 11.7 Å². The Labute approximate surface area is 105 Å². The number of hydrogen-bond acceptors (Lipinski definition) is 6. The Morgan fingerprint density at radius 1 is 1.17 bits per heavy atom. The Morgan fingerprint density at radius 2 is 1.83 bits per heavy atom. The fourth-order valence-electron chi connectivity index (χ4n) is 1.48. The van der Waals surface area contributed by atoms with Crippen LogP contribution in [0.4, 0.5) is 0 Å². The van der Waals surface area contributed by atoms with Crippen molar-refractivity contribution < 1.29 is 29.2 Å². The van der Waals surface area contributed by atoms with Gasteiger partial charge in [0, 0.05) is 11.6 Å². The number of carbonyl (C=O) groups is 1. The first-order valence-electron chi connectivity index (χ1n) is 5.21. The van der Waals surface area contributed by atoms with Crippen LogP contribution in [0.2, 0.25) is 0 Å². The second-order valence-electron chi connectivity index (χ2n) is 3.52. The van der Waals surface area contributed by atoms with Crippen molar-refractivity contribution in [2.45, 2.75) is 12.2 Å². The third-order valence-corrected chi connectivity index (χ3v) is 2.50. The Morgan fingerprint density at radius 3 is 2.33 bits per heavy atom. The van der Waals surface area contributed by atoms with Crippen LogP contribution in [0.5, 0.6) is 11.5 Å². The minimum atomic E-state index is -1.67. The van der Waals surface area contributed by atoms with Gasteiger partial charge in [-0.1, -0.05) is 0 Å². The van der Waals surface area contributed by atoms with Gasteiger partial charge in [0.25, 0.3) is 0 Å². The summed E-state index contributed by atoms with van der Waals surface area (Å²) in [4.78, 5) is 11.2. The summed E-state index contributed by atoms with van der Waals surface area (Å²) in [6.45, 7) is 0. The van der Waals surface area contributed by atoms with Crippen LogP contribution in [-0.4, -0.2) is 43.6 Å². The summed E-state index contributed by atoms with van der Waals surface area (Å²) in [5.41, 5.74) is 0.274. The molecule has 0 bridgehead atoms. The van der Waals surface area contributed by atoms with Crippen LogP contribution in [0.25, 0.3) is 0 Å². The number of esters is 1. The molecule has 0 amide bonds. The van der Waals surface area contributed by atoms with Crippen LogP contribution >= 0.6 is 0 Å². The summed E-state index contributed by atoms with van der Waals surface area (Å²) in [5, 5.41) is 19.5. The molecular weight excluding hydrogens is 240 g/mol. The van der Waals surface area contributed by atoms with Crippen molar-refractivity contribution >= 4 is 5.97 Å². The van der Waals surface area contributed by atoms with Crippen molar-refractivity contribution in [2.75, 3.05) is 21.3 Å². The van der Waals surface area contributed by atoms with Crippen molar-refractivity contribution in [2.24, 2.45) is 0 Å². The number of hydrogen-bond donors (Lipinski definition) is 2. The third-order valence-electron chi connectivity index (χ3n) is 2.50. The standard InChI is InChI=1S/C12H16O6/c1-16-7-4-5-8(9(6-7)17-2)10(13)11(14)12(15)18-3/h4-6,10-11,13-14H,1-3H3. The minimum absolute atomic E-state index is 0.274. The molecule has 100 valence electrons. The second kappa shape index (κ2) is 6.23. The molecule has 0 heterocycles. The van der Waals surface area contributed by atoms with Gasteiger partial charge in [-0.3, -0.25) is 0 Å². The molecule has 2 atom stereocenters. The second-order valence-corrected chi connectivity index (χ2v) is 3.52. The third kappa shape index (κ3) is 2.91. The smallest absolute Gasteiger partial charge is 0.337 e. The molecule has 6 heteroatoms. The molecule has 0 saturated heterocycles. The summed E-state index contributed by atoms with van der Waals surface area (Å²) in [7, 11) is 4.03. The molecule has 6 nitrogen and oxygen atoms in total. The first-order chi connectivity index (χ1) is 8.54. The SMILES string of the molecule is COC(=O)C(O)C(O)c1ccc(OC)cc1OC. The van der Waals surface area contributed by atoms with Crippen LogP contribution < -0.4 is 9.47 Å². The van der Waals surface area contributed by atoms with E-state index in [4.69, 9.17) is 9.47 Å². The first-order valence-corrected chi connectivity index (χ1v) is 5.21. The molecule has 0 spiro atoms. The van der Waals surface area contributed by atoms with E-state index in [0.717, 1.165) is 7.11 Å².